The summed E-state index contributed by atoms with van der Waals surface area (Å²) in [7, 11) is 3.17. The SMILES string of the molecule is COC[C@@H](c1ccccc1)N1C[C@]23C=C[C@H](O2)C(C(=O)OC)=C3[C@H]1C(C)C. The Hall–Kier alpha value is -1.95. The van der Waals surface area contributed by atoms with Crippen molar-refractivity contribution in [3.63, 3.8) is 0 Å². The van der Waals surface area contributed by atoms with Gasteiger partial charge in [0, 0.05) is 19.7 Å². The second kappa shape index (κ2) is 6.89. The summed E-state index contributed by atoms with van der Waals surface area (Å²) in [6.45, 7) is 5.69. The Bertz CT molecular complexity index is 785. The van der Waals surface area contributed by atoms with Gasteiger partial charge >= 0.3 is 5.97 Å². The number of rotatable bonds is 6. The van der Waals surface area contributed by atoms with E-state index in [9.17, 15) is 4.79 Å². The van der Waals surface area contributed by atoms with Crippen LogP contribution in [0.25, 0.3) is 0 Å². The largest absolute Gasteiger partial charge is 0.466 e. The Kier molecular flexibility index (Phi) is 4.70. The van der Waals surface area contributed by atoms with E-state index in [-0.39, 0.29) is 24.2 Å². The number of nitrogens with zero attached hydrogens (tertiary/aromatic N) is 1. The molecule has 0 saturated carbocycles. The zero-order chi connectivity index (χ0) is 19.2. The van der Waals surface area contributed by atoms with Crippen LogP contribution in [-0.4, -0.2) is 56.0 Å². The Morgan fingerprint density at radius 1 is 1.30 bits per heavy atom. The second-order valence-corrected chi connectivity index (χ2v) is 7.85. The van der Waals surface area contributed by atoms with E-state index in [1.165, 1.54) is 12.7 Å². The fraction of sp³-hybridized carbons (Fsp3) is 0.500. The molecule has 5 heteroatoms. The van der Waals surface area contributed by atoms with Gasteiger partial charge in [-0.25, -0.2) is 4.79 Å². The van der Waals surface area contributed by atoms with Crippen LogP contribution in [0.3, 0.4) is 0 Å². The molecule has 4 atom stereocenters. The predicted molar refractivity (Wildman–Crippen MR) is 102 cm³/mol. The third kappa shape index (κ3) is 2.76. The monoisotopic (exact) mass is 369 g/mol. The first kappa shape index (κ1) is 18.4. The van der Waals surface area contributed by atoms with Crippen molar-refractivity contribution >= 4 is 5.97 Å². The normalized spacial score (nSPS) is 30.3. The van der Waals surface area contributed by atoms with E-state index in [4.69, 9.17) is 14.2 Å². The van der Waals surface area contributed by atoms with Gasteiger partial charge in [-0.15, -0.1) is 0 Å². The molecule has 0 unspecified atom stereocenters. The molecule has 2 bridgehead atoms. The molecule has 0 aliphatic carbocycles. The molecule has 3 aliphatic rings. The van der Waals surface area contributed by atoms with Crippen molar-refractivity contribution in [1.82, 2.24) is 4.90 Å². The maximum Gasteiger partial charge on any atom is 0.336 e. The molecular weight excluding hydrogens is 342 g/mol. The van der Waals surface area contributed by atoms with Crippen molar-refractivity contribution in [1.29, 1.82) is 0 Å². The summed E-state index contributed by atoms with van der Waals surface area (Å²) in [5.74, 6) is 0.0372. The lowest BCUT2D eigenvalue weighted by atomic mass is 9.82. The average molecular weight is 369 g/mol. The standard InChI is InChI=1S/C22H27NO4/c1-14(2)20-19-18(21(24)26-4)17-10-11-22(19,27-17)13-23(20)16(12-25-3)15-8-6-5-7-9-15/h5-11,14,16-17,20H,12-13H2,1-4H3/t16-,17-,20+,22-/m0/s1. The quantitative estimate of drug-likeness (QED) is 0.570. The van der Waals surface area contributed by atoms with E-state index in [1.807, 2.05) is 12.1 Å². The minimum Gasteiger partial charge on any atom is -0.466 e. The Labute approximate surface area is 160 Å². The first-order valence-corrected chi connectivity index (χ1v) is 9.52. The number of methoxy groups -OCH3 is 2. The molecule has 1 fully saturated rings. The lowest BCUT2D eigenvalue weighted by Gasteiger charge is -2.35. The van der Waals surface area contributed by atoms with E-state index >= 15 is 0 Å². The Balaban J connectivity index is 1.81. The first-order chi connectivity index (χ1) is 13.0. The highest BCUT2D eigenvalue weighted by atomic mass is 16.5. The number of likely N-dealkylation sites (tertiary alicyclic amines) is 1. The minimum absolute atomic E-state index is 0.0889. The summed E-state index contributed by atoms with van der Waals surface area (Å²) in [5.41, 5.74) is 2.45. The summed E-state index contributed by atoms with van der Waals surface area (Å²) >= 11 is 0. The van der Waals surface area contributed by atoms with Crippen LogP contribution < -0.4 is 0 Å². The van der Waals surface area contributed by atoms with Gasteiger partial charge < -0.3 is 14.2 Å². The topological polar surface area (TPSA) is 48.0 Å². The van der Waals surface area contributed by atoms with Crippen LogP contribution >= 0.6 is 0 Å². The van der Waals surface area contributed by atoms with Gasteiger partial charge in [0.2, 0.25) is 0 Å². The number of benzene rings is 1. The van der Waals surface area contributed by atoms with E-state index < -0.39 is 5.60 Å². The third-order valence-corrected chi connectivity index (χ3v) is 5.92. The summed E-state index contributed by atoms with van der Waals surface area (Å²) < 4.78 is 17.0. The van der Waals surface area contributed by atoms with Crippen molar-refractivity contribution < 1.29 is 19.0 Å². The smallest absolute Gasteiger partial charge is 0.336 e. The maximum atomic E-state index is 12.5. The zero-order valence-electron chi connectivity index (χ0n) is 16.3. The molecule has 4 rings (SSSR count). The fourth-order valence-electron chi connectivity index (χ4n) is 4.93. The van der Waals surface area contributed by atoms with Crippen LogP contribution in [0, 0.1) is 5.92 Å². The van der Waals surface area contributed by atoms with Crippen LogP contribution in [0.2, 0.25) is 0 Å². The molecule has 1 saturated heterocycles. The van der Waals surface area contributed by atoms with Crippen molar-refractivity contribution in [3.8, 4) is 0 Å². The maximum absolute atomic E-state index is 12.5. The van der Waals surface area contributed by atoms with Gasteiger partial charge in [0.05, 0.1) is 25.3 Å². The first-order valence-electron chi connectivity index (χ1n) is 9.52. The lowest BCUT2D eigenvalue weighted by Crippen LogP contribution is -2.41. The molecular formula is C22H27NO4. The van der Waals surface area contributed by atoms with Gasteiger partial charge in [0.25, 0.3) is 0 Å². The Morgan fingerprint density at radius 2 is 2.04 bits per heavy atom. The zero-order valence-corrected chi connectivity index (χ0v) is 16.3. The number of ether oxygens (including phenoxy) is 3. The van der Waals surface area contributed by atoms with Crippen LogP contribution in [0.1, 0.15) is 25.5 Å². The van der Waals surface area contributed by atoms with Gasteiger partial charge in [-0.3, -0.25) is 4.90 Å². The van der Waals surface area contributed by atoms with E-state index in [1.54, 1.807) is 7.11 Å². The molecule has 27 heavy (non-hydrogen) atoms. The highest BCUT2D eigenvalue weighted by Gasteiger charge is 2.60. The van der Waals surface area contributed by atoms with E-state index in [0.29, 0.717) is 24.6 Å². The van der Waals surface area contributed by atoms with Gasteiger partial charge in [0.15, 0.2) is 0 Å². The van der Waals surface area contributed by atoms with E-state index in [2.05, 4.69) is 49.1 Å². The molecule has 144 valence electrons. The van der Waals surface area contributed by atoms with Crippen molar-refractivity contribution in [2.24, 2.45) is 5.92 Å². The summed E-state index contributed by atoms with van der Waals surface area (Å²) in [6, 6.07) is 10.6. The number of hydrogen-bond donors (Lipinski definition) is 0. The molecule has 1 aromatic rings. The second-order valence-electron chi connectivity index (χ2n) is 7.85. The number of fused-ring (bicyclic) bond motifs is 1. The predicted octanol–water partition coefficient (Wildman–Crippen LogP) is 2.89. The number of esters is 1. The van der Waals surface area contributed by atoms with Crippen molar-refractivity contribution in [2.75, 3.05) is 27.4 Å². The highest BCUT2D eigenvalue weighted by Crippen LogP contribution is 2.53. The van der Waals surface area contributed by atoms with Gasteiger partial charge in [-0.2, -0.15) is 0 Å². The summed E-state index contributed by atoms with van der Waals surface area (Å²) in [6.07, 6.45) is 3.84. The molecule has 3 aliphatic heterocycles. The van der Waals surface area contributed by atoms with Crippen molar-refractivity contribution in [3.05, 3.63) is 59.2 Å². The number of carbonyl (C=O) groups is 1. The molecule has 0 N–H and O–H groups in total. The highest BCUT2D eigenvalue weighted by molar-refractivity contribution is 5.93. The molecule has 1 aromatic carbocycles. The lowest BCUT2D eigenvalue weighted by molar-refractivity contribution is -0.137. The average Bonchev–Trinajstić information content (AvgIpc) is 3.32. The van der Waals surface area contributed by atoms with Crippen LogP contribution in [0.15, 0.2) is 53.6 Å². The van der Waals surface area contributed by atoms with Crippen LogP contribution in [0.4, 0.5) is 0 Å². The molecule has 3 heterocycles. The molecule has 1 spiro atoms. The molecule has 0 radical (unpaired) electrons. The number of hydrogen-bond acceptors (Lipinski definition) is 5. The van der Waals surface area contributed by atoms with Crippen LogP contribution in [0.5, 0.6) is 0 Å². The fourth-order valence-corrected chi connectivity index (χ4v) is 4.93. The van der Waals surface area contributed by atoms with E-state index in [0.717, 1.165) is 5.57 Å². The summed E-state index contributed by atoms with van der Waals surface area (Å²) in [4.78, 5) is 15.0. The molecule has 5 nitrogen and oxygen atoms in total. The van der Waals surface area contributed by atoms with Crippen molar-refractivity contribution in [2.45, 2.75) is 37.6 Å². The van der Waals surface area contributed by atoms with Crippen LogP contribution in [-0.2, 0) is 19.0 Å². The van der Waals surface area contributed by atoms with Gasteiger partial charge in [-0.1, -0.05) is 50.3 Å². The van der Waals surface area contributed by atoms with Gasteiger partial charge in [0.1, 0.15) is 11.7 Å². The molecule has 0 aromatic heterocycles. The number of carbonyl (C=O) groups excluding carboxylic acids is 1. The third-order valence-electron chi connectivity index (χ3n) is 5.92. The summed E-state index contributed by atoms with van der Waals surface area (Å²) in [5, 5.41) is 0. The molecule has 0 amide bonds. The minimum atomic E-state index is -0.524. The van der Waals surface area contributed by atoms with Gasteiger partial charge in [-0.05, 0) is 23.1 Å². The Morgan fingerprint density at radius 3 is 2.67 bits per heavy atom.